The van der Waals surface area contributed by atoms with Gasteiger partial charge < -0.3 is 5.32 Å². The highest BCUT2D eigenvalue weighted by Crippen LogP contribution is 2.16. The van der Waals surface area contributed by atoms with Crippen LogP contribution in [0.3, 0.4) is 0 Å². The first-order valence-electron chi connectivity index (χ1n) is 5.99. The van der Waals surface area contributed by atoms with Gasteiger partial charge in [-0.2, -0.15) is 0 Å². The third-order valence-electron chi connectivity index (χ3n) is 2.53. The van der Waals surface area contributed by atoms with Crippen molar-refractivity contribution in [3.05, 3.63) is 54.2 Å². The zero-order valence-corrected chi connectivity index (χ0v) is 10.6. The molecule has 0 unspecified atom stereocenters. The maximum atomic E-state index is 11.8. The second-order valence-electron chi connectivity index (χ2n) is 4.42. The van der Waals surface area contributed by atoms with E-state index in [-0.39, 0.29) is 11.9 Å². The Labute approximate surface area is 107 Å². The van der Waals surface area contributed by atoms with Crippen LogP contribution in [0.2, 0.25) is 0 Å². The van der Waals surface area contributed by atoms with Crippen molar-refractivity contribution in [2.45, 2.75) is 19.9 Å². The average molecular weight is 240 g/mol. The van der Waals surface area contributed by atoms with E-state index in [1.54, 1.807) is 6.20 Å². The van der Waals surface area contributed by atoms with Crippen molar-refractivity contribution in [1.82, 2.24) is 10.3 Å². The molecule has 0 saturated carbocycles. The third-order valence-corrected chi connectivity index (χ3v) is 2.53. The molecule has 18 heavy (non-hydrogen) atoms. The van der Waals surface area contributed by atoms with Crippen LogP contribution < -0.4 is 5.32 Å². The van der Waals surface area contributed by atoms with Crippen LogP contribution in [0.15, 0.2) is 48.7 Å². The number of hydrogen-bond donors (Lipinski definition) is 1. The van der Waals surface area contributed by atoms with Gasteiger partial charge in [0, 0.05) is 23.4 Å². The van der Waals surface area contributed by atoms with Crippen molar-refractivity contribution >= 4 is 5.91 Å². The maximum absolute atomic E-state index is 11.8. The highest BCUT2D eigenvalue weighted by molar-refractivity contribution is 5.94. The predicted octanol–water partition coefficient (Wildman–Crippen LogP) is 2.89. The van der Waals surface area contributed by atoms with Gasteiger partial charge in [0.2, 0.25) is 0 Å². The van der Waals surface area contributed by atoms with E-state index in [9.17, 15) is 4.79 Å². The number of benzene rings is 1. The van der Waals surface area contributed by atoms with Crippen LogP contribution in [-0.2, 0) is 0 Å². The minimum Gasteiger partial charge on any atom is -0.350 e. The van der Waals surface area contributed by atoms with Crippen LogP contribution >= 0.6 is 0 Å². The molecule has 0 fully saturated rings. The molecule has 0 bridgehead atoms. The Balaban J connectivity index is 2.18. The molecule has 2 aromatic rings. The molecule has 1 aromatic carbocycles. The maximum Gasteiger partial charge on any atom is 0.251 e. The van der Waals surface area contributed by atoms with Crippen molar-refractivity contribution < 1.29 is 4.79 Å². The summed E-state index contributed by atoms with van der Waals surface area (Å²) in [7, 11) is 0. The Hall–Kier alpha value is -2.16. The van der Waals surface area contributed by atoms with Crippen LogP contribution in [0, 0.1) is 0 Å². The second kappa shape index (κ2) is 5.45. The molecule has 2 rings (SSSR count). The summed E-state index contributed by atoms with van der Waals surface area (Å²) in [6, 6.07) is 13.4. The first-order valence-corrected chi connectivity index (χ1v) is 5.99. The van der Waals surface area contributed by atoms with E-state index in [1.807, 2.05) is 56.3 Å². The van der Waals surface area contributed by atoms with E-state index >= 15 is 0 Å². The summed E-state index contributed by atoms with van der Waals surface area (Å²) in [6.07, 6.45) is 1.76. The molecule has 0 radical (unpaired) electrons. The van der Waals surface area contributed by atoms with Gasteiger partial charge in [-0.1, -0.05) is 18.2 Å². The predicted molar refractivity (Wildman–Crippen MR) is 72.3 cm³/mol. The van der Waals surface area contributed by atoms with Gasteiger partial charge in [0.05, 0.1) is 5.69 Å². The fourth-order valence-corrected chi connectivity index (χ4v) is 1.67. The zero-order valence-electron chi connectivity index (χ0n) is 10.6. The molecular formula is C15H16N2O. The molecule has 0 aliphatic rings. The third kappa shape index (κ3) is 2.94. The molecular weight excluding hydrogens is 224 g/mol. The van der Waals surface area contributed by atoms with Gasteiger partial charge in [-0.3, -0.25) is 9.78 Å². The highest BCUT2D eigenvalue weighted by atomic mass is 16.1. The number of aromatic nitrogens is 1. The Morgan fingerprint density at radius 1 is 1.11 bits per heavy atom. The summed E-state index contributed by atoms with van der Waals surface area (Å²) >= 11 is 0. The highest BCUT2D eigenvalue weighted by Gasteiger charge is 2.06. The van der Waals surface area contributed by atoms with Gasteiger partial charge in [-0.25, -0.2) is 0 Å². The normalized spacial score (nSPS) is 10.4. The molecule has 1 aromatic heterocycles. The summed E-state index contributed by atoms with van der Waals surface area (Å²) in [5.74, 6) is -0.0439. The largest absolute Gasteiger partial charge is 0.350 e. The number of carbonyl (C=O) groups excluding carboxylic acids is 1. The van der Waals surface area contributed by atoms with Crippen molar-refractivity contribution in [1.29, 1.82) is 0 Å². The molecule has 0 aliphatic heterocycles. The van der Waals surface area contributed by atoms with Gasteiger partial charge in [0.25, 0.3) is 5.91 Å². The summed E-state index contributed by atoms with van der Waals surface area (Å²) in [5, 5.41) is 2.86. The lowest BCUT2D eigenvalue weighted by Crippen LogP contribution is -2.29. The summed E-state index contributed by atoms with van der Waals surface area (Å²) in [4.78, 5) is 16.0. The number of nitrogens with zero attached hydrogens (tertiary/aromatic N) is 1. The van der Waals surface area contributed by atoms with Crippen LogP contribution in [0.25, 0.3) is 11.3 Å². The number of carbonyl (C=O) groups is 1. The van der Waals surface area contributed by atoms with E-state index in [4.69, 9.17) is 0 Å². The van der Waals surface area contributed by atoms with Crippen LogP contribution in [0.4, 0.5) is 0 Å². The van der Waals surface area contributed by atoms with E-state index in [1.165, 1.54) is 0 Å². The van der Waals surface area contributed by atoms with Gasteiger partial charge in [0.15, 0.2) is 0 Å². The lowest BCUT2D eigenvalue weighted by atomic mass is 10.1. The fourth-order valence-electron chi connectivity index (χ4n) is 1.67. The summed E-state index contributed by atoms with van der Waals surface area (Å²) in [6.45, 7) is 3.89. The molecule has 92 valence electrons. The van der Waals surface area contributed by atoms with Crippen molar-refractivity contribution in [2.24, 2.45) is 0 Å². The minimum atomic E-state index is -0.0439. The average Bonchev–Trinajstić information content (AvgIpc) is 2.39. The van der Waals surface area contributed by atoms with Gasteiger partial charge in [-0.05, 0) is 38.1 Å². The Morgan fingerprint density at radius 3 is 2.39 bits per heavy atom. The molecule has 1 amide bonds. The van der Waals surface area contributed by atoms with Crippen LogP contribution in [0.5, 0.6) is 0 Å². The van der Waals surface area contributed by atoms with E-state index in [0.29, 0.717) is 5.56 Å². The Morgan fingerprint density at radius 2 is 1.83 bits per heavy atom. The summed E-state index contributed by atoms with van der Waals surface area (Å²) < 4.78 is 0. The second-order valence-corrected chi connectivity index (χ2v) is 4.42. The van der Waals surface area contributed by atoms with Gasteiger partial charge in [-0.15, -0.1) is 0 Å². The molecule has 0 atom stereocenters. The van der Waals surface area contributed by atoms with Gasteiger partial charge >= 0.3 is 0 Å². The monoisotopic (exact) mass is 240 g/mol. The SMILES string of the molecule is CC(C)NC(=O)c1ccc(-c2ccccn2)cc1. The molecule has 3 heteroatoms. The van der Waals surface area contributed by atoms with Crippen LogP contribution in [-0.4, -0.2) is 16.9 Å². The minimum absolute atomic E-state index is 0.0439. The van der Waals surface area contributed by atoms with Crippen LogP contribution in [0.1, 0.15) is 24.2 Å². The number of hydrogen-bond acceptors (Lipinski definition) is 2. The number of rotatable bonds is 3. The van der Waals surface area contributed by atoms with E-state index in [0.717, 1.165) is 11.3 Å². The van der Waals surface area contributed by atoms with E-state index < -0.39 is 0 Å². The van der Waals surface area contributed by atoms with Crippen molar-refractivity contribution in [3.63, 3.8) is 0 Å². The standard InChI is InChI=1S/C15H16N2O/c1-11(2)17-15(18)13-8-6-12(7-9-13)14-5-3-4-10-16-14/h3-11H,1-2H3,(H,17,18). The van der Waals surface area contributed by atoms with E-state index in [2.05, 4.69) is 10.3 Å². The van der Waals surface area contributed by atoms with Crippen molar-refractivity contribution in [2.75, 3.05) is 0 Å². The lowest BCUT2D eigenvalue weighted by molar-refractivity contribution is 0.0943. The number of pyridine rings is 1. The summed E-state index contributed by atoms with van der Waals surface area (Å²) in [5.41, 5.74) is 2.59. The number of nitrogens with one attached hydrogen (secondary N) is 1. The molecule has 1 N–H and O–H groups in total. The molecule has 0 spiro atoms. The number of amides is 1. The lowest BCUT2D eigenvalue weighted by Gasteiger charge is -2.08. The Bertz CT molecular complexity index is 518. The first-order chi connectivity index (χ1) is 8.66. The molecule has 0 aliphatic carbocycles. The zero-order chi connectivity index (χ0) is 13.0. The topological polar surface area (TPSA) is 42.0 Å². The smallest absolute Gasteiger partial charge is 0.251 e. The van der Waals surface area contributed by atoms with Crippen molar-refractivity contribution in [3.8, 4) is 11.3 Å². The fraction of sp³-hybridized carbons (Fsp3) is 0.200. The first kappa shape index (κ1) is 12.3. The quantitative estimate of drug-likeness (QED) is 0.896. The molecule has 0 saturated heterocycles. The molecule has 3 nitrogen and oxygen atoms in total. The molecule has 1 heterocycles. The Kier molecular flexibility index (Phi) is 3.72. The van der Waals surface area contributed by atoms with Gasteiger partial charge in [0.1, 0.15) is 0 Å².